The molecule has 2 aliphatic heterocycles. The van der Waals surface area contributed by atoms with Gasteiger partial charge in [-0.05, 0) is 53.3 Å². The first-order valence-corrected chi connectivity index (χ1v) is 13.1. The largest absolute Gasteiger partial charge is 0.489 e. The number of rotatable bonds is 7. The molecule has 0 saturated carbocycles. The highest BCUT2D eigenvalue weighted by Gasteiger charge is 2.41. The summed E-state index contributed by atoms with van der Waals surface area (Å²) in [4.78, 5) is 15.5. The Morgan fingerprint density at radius 2 is 1.84 bits per heavy atom. The van der Waals surface area contributed by atoms with Crippen molar-refractivity contribution in [3.63, 3.8) is 0 Å². The maximum Gasteiger partial charge on any atom is 0.238 e. The molecule has 2 fully saturated rings. The van der Waals surface area contributed by atoms with Gasteiger partial charge in [0.1, 0.15) is 18.2 Å². The zero-order valence-corrected chi connectivity index (χ0v) is 21.1. The highest BCUT2D eigenvalue weighted by molar-refractivity contribution is 6.03. The number of carbonyl (C=O) groups is 1. The quantitative estimate of drug-likeness (QED) is 0.332. The fourth-order valence-electron chi connectivity index (χ4n) is 5.71. The van der Waals surface area contributed by atoms with Gasteiger partial charge in [-0.15, -0.1) is 0 Å². The lowest BCUT2D eigenvalue weighted by Gasteiger charge is -2.42. The van der Waals surface area contributed by atoms with E-state index in [-0.39, 0.29) is 30.4 Å². The van der Waals surface area contributed by atoms with Crippen LogP contribution in [-0.2, 0) is 11.4 Å². The highest BCUT2D eigenvalue weighted by Crippen LogP contribution is 2.34. The number of nitrogens with one attached hydrogen (secondary N) is 3. The van der Waals surface area contributed by atoms with Crippen molar-refractivity contribution in [2.45, 2.75) is 31.2 Å². The lowest BCUT2D eigenvalue weighted by molar-refractivity contribution is -0.118. The zero-order chi connectivity index (χ0) is 25.9. The Morgan fingerprint density at radius 3 is 2.71 bits per heavy atom. The van der Waals surface area contributed by atoms with Crippen LogP contribution in [0.5, 0.6) is 5.75 Å². The topological polar surface area (TPSA) is 65.6 Å². The molecule has 0 aliphatic carbocycles. The zero-order valence-electron chi connectivity index (χ0n) is 21.1. The first-order chi connectivity index (χ1) is 18.6. The van der Waals surface area contributed by atoms with Crippen molar-refractivity contribution in [3.05, 3.63) is 108 Å². The molecule has 3 unspecified atom stereocenters. The second-order valence-corrected chi connectivity index (χ2v) is 9.99. The number of hydrogen-bond acceptors (Lipinski definition) is 5. The van der Waals surface area contributed by atoms with Crippen molar-refractivity contribution in [3.8, 4) is 5.75 Å². The number of piperidine rings is 1. The number of benzene rings is 4. The standard InChI is InChI=1S/C31H31FN4O2/c32-24-10-4-9-23(16-24)31-30-28(33-20-34-30)14-15-36(31)18-29(37)35-27-11-5-8-22-12-13-25(17-26(22)27)38-19-21-6-2-1-3-7-21/h1-13,16-17,28,30-31,33-34H,14-15,18-20H2,(H,35,37). The summed E-state index contributed by atoms with van der Waals surface area (Å²) in [5.41, 5.74) is 2.72. The van der Waals surface area contributed by atoms with Crippen molar-refractivity contribution < 1.29 is 13.9 Å². The van der Waals surface area contributed by atoms with Crippen LogP contribution in [0.15, 0.2) is 91.0 Å². The lowest BCUT2D eigenvalue weighted by Crippen LogP contribution is -2.54. The van der Waals surface area contributed by atoms with E-state index < -0.39 is 0 Å². The summed E-state index contributed by atoms with van der Waals surface area (Å²) in [5, 5.41) is 12.1. The van der Waals surface area contributed by atoms with Gasteiger partial charge in [0.15, 0.2) is 0 Å². The van der Waals surface area contributed by atoms with Crippen molar-refractivity contribution in [2.75, 3.05) is 25.1 Å². The van der Waals surface area contributed by atoms with Gasteiger partial charge in [-0.1, -0.05) is 60.7 Å². The number of anilines is 1. The molecule has 38 heavy (non-hydrogen) atoms. The minimum Gasteiger partial charge on any atom is -0.489 e. The van der Waals surface area contributed by atoms with Gasteiger partial charge < -0.3 is 10.1 Å². The number of halogens is 1. The summed E-state index contributed by atoms with van der Waals surface area (Å²) in [7, 11) is 0. The number of nitrogens with zero attached hydrogens (tertiary/aromatic N) is 1. The molecule has 0 aromatic heterocycles. The van der Waals surface area contributed by atoms with E-state index in [2.05, 4.69) is 20.9 Å². The molecule has 194 valence electrons. The Kier molecular flexibility index (Phi) is 7.05. The van der Waals surface area contributed by atoms with Crippen LogP contribution >= 0.6 is 0 Å². The Balaban J connectivity index is 1.20. The van der Waals surface area contributed by atoms with Gasteiger partial charge in [-0.3, -0.25) is 20.3 Å². The van der Waals surface area contributed by atoms with E-state index in [0.29, 0.717) is 19.3 Å². The molecule has 4 aromatic carbocycles. The molecule has 3 atom stereocenters. The molecule has 0 spiro atoms. The van der Waals surface area contributed by atoms with Gasteiger partial charge in [0, 0.05) is 36.4 Å². The fourth-order valence-corrected chi connectivity index (χ4v) is 5.71. The number of likely N-dealkylation sites (tertiary alicyclic amines) is 1. The third-order valence-electron chi connectivity index (χ3n) is 7.51. The number of fused-ring (bicyclic) bond motifs is 2. The van der Waals surface area contributed by atoms with Crippen molar-refractivity contribution in [1.82, 2.24) is 15.5 Å². The molecule has 6 nitrogen and oxygen atoms in total. The number of carbonyl (C=O) groups excluding carboxylic acids is 1. The van der Waals surface area contributed by atoms with Crippen molar-refractivity contribution in [1.29, 1.82) is 0 Å². The Hall–Kier alpha value is -3.78. The van der Waals surface area contributed by atoms with Crippen LogP contribution in [-0.4, -0.2) is 42.6 Å². The van der Waals surface area contributed by atoms with Crippen molar-refractivity contribution >= 4 is 22.4 Å². The van der Waals surface area contributed by atoms with Gasteiger partial charge in [0.05, 0.1) is 12.6 Å². The second-order valence-electron chi connectivity index (χ2n) is 9.99. The summed E-state index contributed by atoms with van der Waals surface area (Å²) in [6.45, 7) is 2.15. The average molecular weight is 511 g/mol. The van der Waals surface area contributed by atoms with Crippen LogP contribution < -0.4 is 20.7 Å². The molecule has 4 aromatic rings. The fraction of sp³-hybridized carbons (Fsp3) is 0.258. The third-order valence-corrected chi connectivity index (χ3v) is 7.51. The van der Waals surface area contributed by atoms with E-state index in [4.69, 9.17) is 4.74 Å². The Morgan fingerprint density at radius 1 is 0.974 bits per heavy atom. The average Bonchev–Trinajstić information content (AvgIpc) is 3.41. The highest BCUT2D eigenvalue weighted by atomic mass is 19.1. The van der Waals surface area contributed by atoms with Crippen LogP contribution in [0.4, 0.5) is 10.1 Å². The third kappa shape index (κ3) is 5.27. The van der Waals surface area contributed by atoms with E-state index in [1.807, 2.05) is 72.8 Å². The molecule has 1 amide bonds. The van der Waals surface area contributed by atoms with E-state index in [1.54, 1.807) is 12.1 Å². The van der Waals surface area contributed by atoms with Gasteiger partial charge in [0.25, 0.3) is 0 Å². The molecule has 2 saturated heterocycles. The predicted octanol–water partition coefficient (Wildman–Crippen LogP) is 4.83. The normalized spacial score (nSPS) is 21.2. The Bertz CT molecular complexity index is 1430. The maximum absolute atomic E-state index is 14.1. The van der Waals surface area contributed by atoms with Gasteiger partial charge in [0.2, 0.25) is 5.91 Å². The summed E-state index contributed by atoms with van der Waals surface area (Å²) in [6.07, 6.45) is 0.924. The van der Waals surface area contributed by atoms with E-state index in [1.165, 1.54) is 6.07 Å². The van der Waals surface area contributed by atoms with Crippen LogP contribution in [0, 0.1) is 5.82 Å². The number of ether oxygens (including phenoxy) is 1. The lowest BCUT2D eigenvalue weighted by atomic mass is 9.87. The molecule has 2 aliphatic rings. The molecule has 0 radical (unpaired) electrons. The minimum absolute atomic E-state index is 0.0982. The van der Waals surface area contributed by atoms with E-state index in [9.17, 15) is 9.18 Å². The van der Waals surface area contributed by atoms with Crippen LogP contribution in [0.2, 0.25) is 0 Å². The molecule has 2 heterocycles. The number of amides is 1. The van der Waals surface area contributed by atoms with Crippen LogP contribution in [0.1, 0.15) is 23.6 Å². The SMILES string of the molecule is O=C(CN1CCC2NCNC2C1c1cccc(F)c1)Nc1cccc2ccc(OCc3ccccc3)cc12. The minimum atomic E-state index is -0.263. The monoisotopic (exact) mass is 510 g/mol. The molecular weight excluding hydrogens is 479 g/mol. The molecular formula is C31H31FN4O2. The molecule has 6 rings (SSSR count). The van der Waals surface area contributed by atoms with Gasteiger partial charge in [-0.2, -0.15) is 0 Å². The molecule has 0 bridgehead atoms. The van der Waals surface area contributed by atoms with Crippen LogP contribution in [0.3, 0.4) is 0 Å². The smallest absolute Gasteiger partial charge is 0.238 e. The first kappa shape index (κ1) is 24.6. The van der Waals surface area contributed by atoms with E-state index in [0.717, 1.165) is 46.3 Å². The van der Waals surface area contributed by atoms with E-state index >= 15 is 0 Å². The van der Waals surface area contributed by atoms with Gasteiger partial charge >= 0.3 is 0 Å². The Labute approximate surface area is 221 Å². The first-order valence-electron chi connectivity index (χ1n) is 13.1. The predicted molar refractivity (Wildman–Crippen MR) is 147 cm³/mol. The van der Waals surface area contributed by atoms with Gasteiger partial charge in [-0.25, -0.2) is 4.39 Å². The van der Waals surface area contributed by atoms with Crippen molar-refractivity contribution in [2.24, 2.45) is 0 Å². The van der Waals surface area contributed by atoms with Crippen LogP contribution in [0.25, 0.3) is 10.8 Å². The molecule has 3 N–H and O–H groups in total. The maximum atomic E-state index is 14.1. The summed E-state index contributed by atoms with van der Waals surface area (Å²) >= 11 is 0. The summed E-state index contributed by atoms with van der Waals surface area (Å²) < 4.78 is 20.2. The number of hydrogen-bond donors (Lipinski definition) is 3. The summed E-state index contributed by atoms with van der Waals surface area (Å²) in [6, 6.07) is 28.9. The second kappa shape index (κ2) is 10.9. The summed E-state index contributed by atoms with van der Waals surface area (Å²) in [5.74, 6) is 0.385. The molecule has 7 heteroatoms.